The summed E-state index contributed by atoms with van der Waals surface area (Å²) in [5.41, 5.74) is 8.29. The highest BCUT2D eigenvalue weighted by atomic mass is 16.2. The lowest BCUT2D eigenvalue weighted by atomic mass is 10.1. The van der Waals surface area contributed by atoms with Crippen molar-refractivity contribution in [1.29, 1.82) is 0 Å². The van der Waals surface area contributed by atoms with Gasteiger partial charge >= 0.3 is 0 Å². The number of nitrogens with zero attached hydrogens (tertiary/aromatic N) is 2. The summed E-state index contributed by atoms with van der Waals surface area (Å²) in [7, 11) is 0. The summed E-state index contributed by atoms with van der Waals surface area (Å²) in [6.07, 6.45) is 2.50. The van der Waals surface area contributed by atoms with Crippen LogP contribution in [0.5, 0.6) is 0 Å². The van der Waals surface area contributed by atoms with Crippen LogP contribution >= 0.6 is 0 Å². The quantitative estimate of drug-likeness (QED) is 0.778. The van der Waals surface area contributed by atoms with Crippen molar-refractivity contribution in [3.05, 3.63) is 29.3 Å². The Balaban J connectivity index is 1.74. The predicted molar refractivity (Wildman–Crippen MR) is 76.1 cm³/mol. The van der Waals surface area contributed by atoms with Crippen molar-refractivity contribution in [2.45, 2.75) is 25.8 Å². The molecule has 2 fully saturated rings. The number of hydrogen-bond acceptors (Lipinski definition) is 3. The van der Waals surface area contributed by atoms with E-state index in [4.69, 9.17) is 5.73 Å². The molecule has 0 saturated carbocycles. The average molecular weight is 259 g/mol. The van der Waals surface area contributed by atoms with Crippen molar-refractivity contribution in [3.8, 4) is 0 Å². The molecular weight excluding hydrogens is 238 g/mol. The molecule has 2 heterocycles. The summed E-state index contributed by atoms with van der Waals surface area (Å²) >= 11 is 0. The number of nitrogen functional groups attached to an aromatic ring is 1. The van der Waals surface area contributed by atoms with Crippen LogP contribution in [-0.2, 0) is 0 Å². The normalized spacial score (nSPS) is 23.4. The van der Waals surface area contributed by atoms with Crippen molar-refractivity contribution in [2.75, 3.05) is 31.9 Å². The van der Waals surface area contributed by atoms with Crippen LogP contribution < -0.4 is 5.73 Å². The second-order valence-corrected chi connectivity index (χ2v) is 5.65. The topological polar surface area (TPSA) is 49.6 Å². The Morgan fingerprint density at radius 1 is 1.32 bits per heavy atom. The molecule has 4 nitrogen and oxygen atoms in total. The van der Waals surface area contributed by atoms with E-state index >= 15 is 0 Å². The summed E-state index contributed by atoms with van der Waals surface area (Å²) in [6.45, 7) is 5.89. The van der Waals surface area contributed by atoms with Gasteiger partial charge in [-0.15, -0.1) is 0 Å². The van der Waals surface area contributed by atoms with Crippen LogP contribution in [0, 0.1) is 6.92 Å². The number of aryl methyl sites for hydroxylation is 1. The number of rotatable bonds is 1. The average Bonchev–Trinajstić information content (AvgIpc) is 2.88. The Hall–Kier alpha value is -1.55. The fourth-order valence-corrected chi connectivity index (χ4v) is 3.17. The van der Waals surface area contributed by atoms with Gasteiger partial charge in [0.1, 0.15) is 0 Å². The van der Waals surface area contributed by atoms with Crippen LogP contribution in [0.15, 0.2) is 18.2 Å². The molecule has 102 valence electrons. The molecule has 1 unspecified atom stereocenters. The van der Waals surface area contributed by atoms with Gasteiger partial charge in [-0.25, -0.2) is 0 Å². The number of carbonyl (C=O) groups is 1. The molecule has 0 aromatic heterocycles. The lowest BCUT2D eigenvalue weighted by Gasteiger charge is -2.37. The van der Waals surface area contributed by atoms with E-state index in [0.717, 1.165) is 36.4 Å². The highest BCUT2D eigenvalue weighted by Gasteiger charge is 2.32. The van der Waals surface area contributed by atoms with Crippen molar-refractivity contribution < 1.29 is 4.79 Å². The Bertz CT molecular complexity index is 500. The van der Waals surface area contributed by atoms with E-state index in [9.17, 15) is 4.79 Å². The second-order valence-electron chi connectivity index (χ2n) is 5.65. The zero-order valence-electron chi connectivity index (χ0n) is 11.4. The molecule has 0 radical (unpaired) electrons. The number of fused-ring (bicyclic) bond motifs is 1. The Kier molecular flexibility index (Phi) is 3.19. The Morgan fingerprint density at radius 2 is 2.16 bits per heavy atom. The van der Waals surface area contributed by atoms with Gasteiger partial charge in [-0.1, -0.05) is 0 Å². The SMILES string of the molecule is Cc1cc(C(=O)N2CCN3CCCC3C2)ccc1N. The van der Waals surface area contributed by atoms with E-state index in [-0.39, 0.29) is 5.91 Å². The molecule has 19 heavy (non-hydrogen) atoms. The lowest BCUT2D eigenvalue weighted by molar-refractivity contribution is 0.0571. The molecule has 0 aliphatic carbocycles. The molecule has 2 aliphatic rings. The van der Waals surface area contributed by atoms with Crippen LogP contribution in [0.3, 0.4) is 0 Å². The van der Waals surface area contributed by atoms with E-state index in [1.165, 1.54) is 19.4 Å². The van der Waals surface area contributed by atoms with Crippen LogP contribution in [0.4, 0.5) is 5.69 Å². The Morgan fingerprint density at radius 3 is 2.95 bits per heavy atom. The van der Waals surface area contributed by atoms with E-state index < -0.39 is 0 Å². The number of piperazine rings is 1. The fourth-order valence-electron chi connectivity index (χ4n) is 3.17. The number of nitrogens with two attached hydrogens (primary N) is 1. The second kappa shape index (κ2) is 4.85. The van der Waals surface area contributed by atoms with Gasteiger partial charge in [-0.05, 0) is 50.1 Å². The minimum Gasteiger partial charge on any atom is -0.399 e. The van der Waals surface area contributed by atoms with Gasteiger partial charge in [0.05, 0.1) is 0 Å². The minimum absolute atomic E-state index is 0.148. The number of amides is 1. The van der Waals surface area contributed by atoms with Crippen LogP contribution in [-0.4, -0.2) is 47.9 Å². The molecule has 0 bridgehead atoms. The van der Waals surface area contributed by atoms with E-state index in [1.807, 2.05) is 30.0 Å². The molecule has 2 aliphatic heterocycles. The molecule has 3 rings (SSSR count). The van der Waals surface area contributed by atoms with Crippen molar-refractivity contribution in [2.24, 2.45) is 0 Å². The van der Waals surface area contributed by atoms with Gasteiger partial charge in [-0.3, -0.25) is 9.69 Å². The zero-order chi connectivity index (χ0) is 13.4. The maximum absolute atomic E-state index is 12.5. The molecule has 1 aromatic rings. The van der Waals surface area contributed by atoms with Gasteiger partial charge < -0.3 is 10.6 Å². The Labute approximate surface area is 114 Å². The smallest absolute Gasteiger partial charge is 0.253 e. The maximum Gasteiger partial charge on any atom is 0.253 e. The first-order valence-corrected chi connectivity index (χ1v) is 7.04. The highest BCUT2D eigenvalue weighted by Crippen LogP contribution is 2.23. The molecule has 1 amide bonds. The third kappa shape index (κ3) is 2.32. The first kappa shape index (κ1) is 12.5. The maximum atomic E-state index is 12.5. The predicted octanol–water partition coefficient (Wildman–Crippen LogP) is 1.50. The molecule has 2 saturated heterocycles. The largest absolute Gasteiger partial charge is 0.399 e. The molecule has 0 spiro atoms. The summed E-state index contributed by atoms with van der Waals surface area (Å²) in [5, 5.41) is 0. The standard InChI is InChI=1S/C15H21N3O/c1-11-9-12(4-5-14(11)16)15(19)18-8-7-17-6-2-3-13(17)10-18/h4-5,9,13H,2-3,6-8,10,16H2,1H3. The monoisotopic (exact) mass is 259 g/mol. The highest BCUT2D eigenvalue weighted by molar-refractivity contribution is 5.95. The van der Waals surface area contributed by atoms with Crippen molar-refractivity contribution >= 4 is 11.6 Å². The zero-order valence-corrected chi connectivity index (χ0v) is 11.4. The molecule has 4 heteroatoms. The third-order valence-electron chi connectivity index (χ3n) is 4.39. The summed E-state index contributed by atoms with van der Waals surface area (Å²) < 4.78 is 0. The third-order valence-corrected chi connectivity index (χ3v) is 4.39. The van der Waals surface area contributed by atoms with Gasteiger partial charge in [0.25, 0.3) is 5.91 Å². The van der Waals surface area contributed by atoms with Gasteiger partial charge in [0.2, 0.25) is 0 Å². The number of hydrogen-bond donors (Lipinski definition) is 1. The first-order chi connectivity index (χ1) is 9.15. The molecule has 1 atom stereocenters. The van der Waals surface area contributed by atoms with E-state index in [2.05, 4.69) is 4.90 Å². The van der Waals surface area contributed by atoms with Crippen molar-refractivity contribution in [1.82, 2.24) is 9.80 Å². The fraction of sp³-hybridized carbons (Fsp3) is 0.533. The van der Waals surface area contributed by atoms with Crippen molar-refractivity contribution in [3.63, 3.8) is 0 Å². The summed E-state index contributed by atoms with van der Waals surface area (Å²) in [5.74, 6) is 0.148. The number of carbonyl (C=O) groups excluding carboxylic acids is 1. The molecule has 1 aromatic carbocycles. The lowest BCUT2D eigenvalue weighted by Crippen LogP contribution is -2.52. The number of anilines is 1. The summed E-state index contributed by atoms with van der Waals surface area (Å²) in [4.78, 5) is 17.0. The van der Waals surface area contributed by atoms with Gasteiger partial charge in [0.15, 0.2) is 0 Å². The molecular formula is C15H21N3O. The van der Waals surface area contributed by atoms with Gasteiger partial charge in [0, 0.05) is 36.9 Å². The van der Waals surface area contributed by atoms with Gasteiger partial charge in [-0.2, -0.15) is 0 Å². The van der Waals surface area contributed by atoms with Crippen LogP contribution in [0.25, 0.3) is 0 Å². The van der Waals surface area contributed by atoms with E-state index in [1.54, 1.807) is 0 Å². The van der Waals surface area contributed by atoms with E-state index in [0.29, 0.717) is 6.04 Å². The minimum atomic E-state index is 0.148. The van der Waals surface area contributed by atoms with Crippen LogP contribution in [0.1, 0.15) is 28.8 Å². The van der Waals surface area contributed by atoms with Crippen LogP contribution in [0.2, 0.25) is 0 Å². The first-order valence-electron chi connectivity index (χ1n) is 7.04. The summed E-state index contributed by atoms with van der Waals surface area (Å²) in [6, 6.07) is 6.14. The molecule has 2 N–H and O–H groups in total. The number of benzene rings is 1.